The molecule has 5 nitrogen and oxygen atoms in total. The second-order valence-corrected chi connectivity index (χ2v) is 7.33. The molecule has 0 bridgehead atoms. The number of fused-ring (bicyclic) bond motifs is 2. The summed E-state index contributed by atoms with van der Waals surface area (Å²) in [5, 5.41) is 3.53. The van der Waals surface area contributed by atoms with Crippen LogP contribution in [-0.4, -0.2) is 25.7 Å². The monoisotopic (exact) mass is 428 g/mol. The fourth-order valence-corrected chi connectivity index (χ4v) is 3.95. The Bertz CT molecular complexity index is 1190. The molecule has 0 unspecified atom stereocenters. The van der Waals surface area contributed by atoms with Gasteiger partial charge in [0.15, 0.2) is 6.10 Å². The van der Waals surface area contributed by atoms with E-state index in [9.17, 15) is 9.59 Å². The molecule has 2 atom stereocenters. The van der Waals surface area contributed by atoms with Gasteiger partial charge in [-0.05, 0) is 40.1 Å². The first-order valence-electron chi connectivity index (χ1n) is 10.5. The third kappa shape index (κ3) is 4.20. The van der Waals surface area contributed by atoms with Crippen molar-refractivity contribution in [1.29, 1.82) is 0 Å². The lowest BCUT2D eigenvalue weighted by molar-refractivity contribution is -0.175. The Morgan fingerprint density at radius 3 is 1.88 bits per heavy atom. The van der Waals surface area contributed by atoms with E-state index in [1.54, 1.807) is 19.1 Å². The van der Waals surface area contributed by atoms with E-state index in [2.05, 4.69) is 6.07 Å². The molecule has 0 aliphatic carbocycles. The smallest absolute Gasteiger partial charge is 0.352 e. The molecular weight excluding hydrogens is 404 g/mol. The first-order valence-corrected chi connectivity index (χ1v) is 10.5. The first-order chi connectivity index (χ1) is 15.6. The van der Waals surface area contributed by atoms with Crippen LogP contribution in [0.25, 0.3) is 21.5 Å². The predicted molar refractivity (Wildman–Crippen MR) is 123 cm³/mol. The third-order valence-electron chi connectivity index (χ3n) is 5.36. The summed E-state index contributed by atoms with van der Waals surface area (Å²) in [7, 11) is 1.44. The summed E-state index contributed by atoms with van der Waals surface area (Å²) >= 11 is 0. The van der Waals surface area contributed by atoms with Crippen LogP contribution in [0, 0.1) is 0 Å². The lowest BCUT2D eigenvalue weighted by Crippen LogP contribution is -2.26. The Kier molecular flexibility index (Phi) is 6.47. The lowest BCUT2D eigenvalue weighted by atomic mass is 9.93. The zero-order chi connectivity index (χ0) is 22.5. The van der Waals surface area contributed by atoms with E-state index in [0.717, 1.165) is 21.5 Å². The minimum atomic E-state index is -1.24. The molecule has 0 fully saturated rings. The summed E-state index contributed by atoms with van der Waals surface area (Å²) in [6, 6.07) is 26.5. The van der Waals surface area contributed by atoms with Gasteiger partial charge in [0.05, 0.1) is 6.61 Å². The minimum absolute atomic E-state index is 0.169. The van der Waals surface area contributed by atoms with Gasteiger partial charge in [-0.15, -0.1) is 0 Å². The molecule has 0 saturated carbocycles. The average molecular weight is 428 g/mol. The zero-order valence-electron chi connectivity index (χ0n) is 18.0. The topological polar surface area (TPSA) is 61.8 Å². The molecular formula is C27H24O5. The van der Waals surface area contributed by atoms with Crippen LogP contribution in [0.2, 0.25) is 0 Å². The van der Waals surface area contributed by atoms with Gasteiger partial charge in [0, 0.05) is 12.7 Å². The number of rotatable bonds is 7. The maximum Gasteiger partial charge on any atom is 0.352 e. The zero-order valence-corrected chi connectivity index (χ0v) is 18.0. The molecule has 0 amide bonds. The Hall–Kier alpha value is -3.70. The number of benzene rings is 4. The van der Waals surface area contributed by atoms with Crippen LogP contribution < -0.4 is 0 Å². The van der Waals surface area contributed by atoms with E-state index in [0.29, 0.717) is 11.1 Å². The molecule has 32 heavy (non-hydrogen) atoms. The molecule has 4 rings (SSSR count). The molecule has 0 saturated heterocycles. The van der Waals surface area contributed by atoms with Gasteiger partial charge in [-0.1, -0.05) is 78.9 Å². The quantitative estimate of drug-likeness (QED) is 0.286. The number of hydrogen-bond donors (Lipinski definition) is 0. The van der Waals surface area contributed by atoms with Crippen molar-refractivity contribution >= 4 is 33.5 Å². The normalized spacial score (nSPS) is 12.9. The number of carbonyl (C=O) groups excluding carboxylic acids is 2. The number of methoxy groups -OCH3 is 1. The number of carbonyl (C=O) groups is 2. The summed E-state index contributed by atoms with van der Waals surface area (Å²) in [4.78, 5) is 26.3. The lowest BCUT2D eigenvalue weighted by Gasteiger charge is -2.23. The van der Waals surface area contributed by atoms with E-state index in [-0.39, 0.29) is 6.61 Å². The second kappa shape index (κ2) is 9.62. The van der Waals surface area contributed by atoms with E-state index < -0.39 is 24.1 Å². The molecule has 162 valence electrons. The van der Waals surface area contributed by atoms with Crippen LogP contribution in [0.3, 0.4) is 0 Å². The number of hydrogen-bond acceptors (Lipinski definition) is 5. The summed E-state index contributed by atoms with van der Waals surface area (Å²) in [6.45, 7) is 1.89. The molecule has 0 aliphatic heterocycles. The maximum atomic E-state index is 13.2. The van der Waals surface area contributed by atoms with Gasteiger partial charge in [0.1, 0.15) is 0 Å². The highest BCUT2D eigenvalue weighted by Crippen LogP contribution is 2.36. The van der Waals surface area contributed by atoms with Crippen molar-refractivity contribution in [1.82, 2.24) is 0 Å². The van der Waals surface area contributed by atoms with Crippen molar-refractivity contribution in [2.24, 2.45) is 0 Å². The summed E-state index contributed by atoms with van der Waals surface area (Å²) < 4.78 is 16.6. The van der Waals surface area contributed by atoms with Crippen molar-refractivity contribution in [3.63, 3.8) is 0 Å². The highest BCUT2D eigenvalue weighted by atomic mass is 16.6. The third-order valence-corrected chi connectivity index (χ3v) is 5.36. The number of esters is 2. The van der Waals surface area contributed by atoms with Crippen LogP contribution in [-0.2, 0) is 23.8 Å². The van der Waals surface area contributed by atoms with Crippen LogP contribution in [0.15, 0.2) is 84.9 Å². The highest BCUT2D eigenvalue weighted by molar-refractivity contribution is 6.05. The van der Waals surface area contributed by atoms with Crippen LogP contribution in [0.1, 0.15) is 30.3 Å². The largest absolute Gasteiger partial charge is 0.463 e. The Labute approximate surface area is 186 Å². The average Bonchev–Trinajstić information content (AvgIpc) is 2.82. The predicted octanol–water partition coefficient (Wildman–Crippen LogP) is 5.53. The van der Waals surface area contributed by atoms with Gasteiger partial charge in [-0.25, -0.2) is 9.59 Å². The molecule has 0 aromatic heterocycles. The summed E-state index contributed by atoms with van der Waals surface area (Å²) in [5.74, 6) is -1.28. The molecule has 4 aromatic rings. The highest BCUT2D eigenvalue weighted by Gasteiger charge is 2.33. The molecule has 0 heterocycles. The Morgan fingerprint density at radius 1 is 0.750 bits per heavy atom. The van der Waals surface area contributed by atoms with Crippen molar-refractivity contribution in [2.45, 2.75) is 19.1 Å². The van der Waals surface area contributed by atoms with E-state index in [1.165, 1.54) is 7.11 Å². The van der Waals surface area contributed by atoms with Gasteiger partial charge >= 0.3 is 11.9 Å². The Balaban J connectivity index is 1.85. The van der Waals surface area contributed by atoms with Crippen molar-refractivity contribution in [3.8, 4) is 0 Å². The maximum absolute atomic E-state index is 13.2. The van der Waals surface area contributed by atoms with E-state index in [4.69, 9.17) is 14.2 Å². The van der Waals surface area contributed by atoms with Gasteiger partial charge in [-0.2, -0.15) is 0 Å². The minimum Gasteiger partial charge on any atom is -0.463 e. The van der Waals surface area contributed by atoms with E-state index >= 15 is 0 Å². The molecule has 5 heteroatoms. The van der Waals surface area contributed by atoms with Gasteiger partial charge in [0.25, 0.3) is 0 Å². The Morgan fingerprint density at radius 2 is 1.31 bits per heavy atom. The molecule has 0 spiro atoms. The van der Waals surface area contributed by atoms with Crippen LogP contribution in [0.5, 0.6) is 0 Å². The molecule has 0 N–H and O–H groups in total. The van der Waals surface area contributed by atoms with E-state index in [1.807, 2.05) is 66.7 Å². The fraction of sp³-hybridized carbons (Fsp3) is 0.185. The second-order valence-electron chi connectivity index (χ2n) is 7.33. The summed E-state index contributed by atoms with van der Waals surface area (Å²) in [5.41, 5.74) is 1.25. The van der Waals surface area contributed by atoms with Gasteiger partial charge in [-0.3, -0.25) is 0 Å². The van der Waals surface area contributed by atoms with Crippen LogP contribution in [0.4, 0.5) is 0 Å². The SMILES string of the molecule is CCOC(=O)[C@H](OC(=O)[C@H](OC)c1ccccc1)c1c2ccccc2cc2ccccc12. The molecule has 0 aliphatic rings. The standard InChI is InChI=1S/C27H24O5/c1-3-31-26(28)25(32-27(29)24(30-2)18-11-5-4-6-12-18)23-21-15-9-7-13-19(21)17-20-14-8-10-16-22(20)23/h4-17,24-25H,3H2,1-2H3/t24-,25-/m1/s1. The fourth-order valence-electron chi connectivity index (χ4n) is 3.95. The van der Waals surface area contributed by atoms with Crippen molar-refractivity contribution in [2.75, 3.05) is 13.7 Å². The summed E-state index contributed by atoms with van der Waals surface area (Å²) in [6.07, 6.45) is -2.20. The van der Waals surface area contributed by atoms with Gasteiger partial charge < -0.3 is 14.2 Å². The van der Waals surface area contributed by atoms with Crippen LogP contribution >= 0.6 is 0 Å². The van der Waals surface area contributed by atoms with Crippen molar-refractivity contribution in [3.05, 3.63) is 96.1 Å². The van der Waals surface area contributed by atoms with Crippen molar-refractivity contribution < 1.29 is 23.8 Å². The molecule has 4 aromatic carbocycles. The number of ether oxygens (including phenoxy) is 3. The van der Waals surface area contributed by atoms with Gasteiger partial charge in [0.2, 0.25) is 6.10 Å². The first kappa shape index (κ1) is 21.5. The molecule has 0 radical (unpaired) electrons.